The van der Waals surface area contributed by atoms with Crippen LogP contribution in [0.5, 0.6) is 0 Å². The first kappa shape index (κ1) is 27.8. The van der Waals surface area contributed by atoms with Crippen LogP contribution >= 0.6 is 12.2 Å². The van der Waals surface area contributed by atoms with Crippen LogP contribution in [0.2, 0.25) is 0 Å². The molecule has 0 saturated carbocycles. The number of carbonyl (C=O) groups excluding carboxylic acids is 3. The summed E-state index contributed by atoms with van der Waals surface area (Å²) in [4.78, 5) is 40.7. The van der Waals surface area contributed by atoms with E-state index in [1.165, 1.54) is 43.5 Å². The molecule has 1 saturated heterocycles. The summed E-state index contributed by atoms with van der Waals surface area (Å²) < 4.78 is 44.7. The molecule has 1 N–H and O–H groups in total. The third-order valence-corrected chi connectivity index (χ3v) is 6.62. The van der Waals surface area contributed by atoms with Crippen molar-refractivity contribution in [2.75, 3.05) is 23.9 Å². The number of hydrogen-bond acceptors (Lipinski definition) is 5. The Hall–Kier alpha value is -4.25. The van der Waals surface area contributed by atoms with Gasteiger partial charge in [0.25, 0.3) is 5.91 Å². The van der Waals surface area contributed by atoms with Crippen molar-refractivity contribution in [2.45, 2.75) is 25.1 Å². The summed E-state index contributed by atoms with van der Waals surface area (Å²) in [5.74, 6) is -1.62. The average Bonchev–Trinajstić information content (AvgIpc) is 3.15. The summed E-state index contributed by atoms with van der Waals surface area (Å²) in [5.41, 5.74) is 0.731. The van der Waals surface area contributed by atoms with Gasteiger partial charge in [0.15, 0.2) is 5.11 Å². The molecule has 7 nitrogen and oxygen atoms in total. The van der Waals surface area contributed by atoms with E-state index >= 15 is 0 Å². The van der Waals surface area contributed by atoms with Crippen molar-refractivity contribution in [2.24, 2.45) is 0 Å². The number of nitrogens with zero attached hydrogens (tertiary/aromatic N) is 2. The highest BCUT2D eigenvalue weighted by molar-refractivity contribution is 7.80. The Morgan fingerprint density at radius 1 is 1.00 bits per heavy atom. The minimum atomic E-state index is -4.60. The molecule has 4 rings (SSSR count). The highest BCUT2D eigenvalue weighted by atomic mass is 32.1. The fraction of sp³-hybridized carbons (Fsp3) is 0.214. The maximum Gasteiger partial charge on any atom is 0.416 e. The van der Waals surface area contributed by atoms with Gasteiger partial charge >= 0.3 is 12.1 Å². The van der Waals surface area contributed by atoms with Gasteiger partial charge in [-0.1, -0.05) is 36.4 Å². The molecule has 1 heterocycles. The summed E-state index contributed by atoms with van der Waals surface area (Å²) in [5, 5.41) is 2.71. The maximum atomic E-state index is 13.5. The number of carbonyl (C=O) groups is 3. The molecule has 2 amide bonds. The average molecular weight is 556 g/mol. The minimum Gasteiger partial charge on any atom is -0.465 e. The molecule has 0 radical (unpaired) electrons. The van der Waals surface area contributed by atoms with Crippen LogP contribution in [0.4, 0.5) is 24.5 Å². The van der Waals surface area contributed by atoms with E-state index in [-0.39, 0.29) is 23.8 Å². The fourth-order valence-corrected chi connectivity index (χ4v) is 4.65. The molecule has 1 aliphatic rings. The first-order chi connectivity index (χ1) is 18.6. The van der Waals surface area contributed by atoms with Crippen molar-refractivity contribution >= 4 is 46.5 Å². The Labute approximate surface area is 228 Å². The SMILES string of the molecule is COC(=O)c1ccc(NC(=O)C[C@H]2C(=O)N(c3cccc(C(F)(F)F)c3)C(=S)N2CCc2ccccc2)cc1. The number of methoxy groups -OCH3 is 1. The zero-order chi connectivity index (χ0) is 28.2. The number of alkyl halides is 3. The van der Waals surface area contributed by atoms with Crippen LogP contribution in [-0.4, -0.2) is 47.5 Å². The van der Waals surface area contributed by atoms with Crippen LogP contribution in [-0.2, 0) is 26.9 Å². The molecule has 3 aromatic carbocycles. The van der Waals surface area contributed by atoms with Gasteiger partial charge in [-0.25, -0.2) is 4.79 Å². The van der Waals surface area contributed by atoms with E-state index in [1.807, 2.05) is 30.3 Å². The van der Waals surface area contributed by atoms with Gasteiger partial charge in [-0.15, -0.1) is 0 Å². The van der Waals surface area contributed by atoms with E-state index in [0.717, 1.165) is 22.6 Å². The lowest BCUT2D eigenvalue weighted by Crippen LogP contribution is -2.39. The number of anilines is 2. The predicted molar refractivity (Wildman–Crippen MR) is 143 cm³/mol. The van der Waals surface area contributed by atoms with Crippen LogP contribution in [0, 0.1) is 0 Å². The molecule has 0 unspecified atom stereocenters. The Morgan fingerprint density at radius 2 is 1.69 bits per heavy atom. The van der Waals surface area contributed by atoms with E-state index in [4.69, 9.17) is 12.2 Å². The third-order valence-electron chi connectivity index (χ3n) is 6.20. The molecule has 1 fully saturated rings. The van der Waals surface area contributed by atoms with Crippen LogP contribution in [0.3, 0.4) is 0 Å². The van der Waals surface area contributed by atoms with E-state index in [0.29, 0.717) is 17.7 Å². The molecular formula is C28H24F3N3O4S. The van der Waals surface area contributed by atoms with E-state index < -0.39 is 35.6 Å². The lowest BCUT2D eigenvalue weighted by molar-refractivity contribution is -0.137. The van der Waals surface area contributed by atoms with Gasteiger partial charge in [-0.3, -0.25) is 14.5 Å². The van der Waals surface area contributed by atoms with Gasteiger partial charge in [0.2, 0.25) is 5.91 Å². The quantitative estimate of drug-likeness (QED) is 0.309. The second-order valence-electron chi connectivity index (χ2n) is 8.77. The Bertz CT molecular complexity index is 1380. The molecule has 0 spiro atoms. The summed E-state index contributed by atoms with van der Waals surface area (Å²) in [6.07, 6.45) is -4.39. The minimum absolute atomic E-state index is 0.0224. The normalized spacial score (nSPS) is 15.4. The number of rotatable bonds is 8. The summed E-state index contributed by atoms with van der Waals surface area (Å²) in [6, 6.07) is 18.8. The van der Waals surface area contributed by atoms with Crippen molar-refractivity contribution in [1.29, 1.82) is 0 Å². The summed E-state index contributed by atoms with van der Waals surface area (Å²) in [7, 11) is 1.26. The number of halogens is 3. The van der Waals surface area contributed by atoms with Crippen molar-refractivity contribution in [3.63, 3.8) is 0 Å². The molecule has 0 aromatic heterocycles. The Kier molecular flexibility index (Phi) is 8.29. The van der Waals surface area contributed by atoms with E-state index in [1.54, 1.807) is 4.90 Å². The van der Waals surface area contributed by atoms with Crippen molar-refractivity contribution in [3.8, 4) is 0 Å². The first-order valence-electron chi connectivity index (χ1n) is 11.9. The molecule has 0 bridgehead atoms. The second-order valence-corrected chi connectivity index (χ2v) is 9.14. The third kappa shape index (κ3) is 6.43. The van der Waals surface area contributed by atoms with E-state index in [2.05, 4.69) is 10.1 Å². The number of thiocarbonyl (C=S) groups is 1. The summed E-state index contributed by atoms with van der Waals surface area (Å²) in [6.45, 7) is 0.274. The molecule has 39 heavy (non-hydrogen) atoms. The maximum absolute atomic E-state index is 13.5. The van der Waals surface area contributed by atoms with Crippen LogP contribution in [0.15, 0.2) is 78.9 Å². The second kappa shape index (κ2) is 11.6. The van der Waals surface area contributed by atoms with E-state index in [9.17, 15) is 27.6 Å². The molecule has 202 valence electrons. The predicted octanol–water partition coefficient (Wildman–Crippen LogP) is 5.07. The first-order valence-corrected chi connectivity index (χ1v) is 12.3. The lowest BCUT2D eigenvalue weighted by Gasteiger charge is -2.24. The van der Waals surface area contributed by atoms with Gasteiger partial charge in [0.05, 0.1) is 30.3 Å². The van der Waals surface area contributed by atoms with Crippen LogP contribution in [0.25, 0.3) is 0 Å². The van der Waals surface area contributed by atoms with Crippen LogP contribution in [0.1, 0.15) is 27.9 Å². The highest BCUT2D eigenvalue weighted by Crippen LogP contribution is 2.34. The van der Waals surface area contributed by atoms with Crippen molar-refractivity contribution < 1.29 is 32.3 Å². The lowest BCUT2D eigenvalue weighted by atomic mass is 10.1. The number of benzene rings is 3. The highest BCUT2D eigenvalue weighted by Gasteiger charge is 2.44. The molecular weight excluding hydrogens is 531 g/mol. The topological polar surface area (TPSA) is 78.9 Å². The zero-order valence-corrected chi connectivity index (χ0v) is 21.6. The number of amides is 2. The van der Waals surface area contributed by atoms with Gasteiger partial charge in [0.1, 0.15) is 6.04 Å². The number of hydrogen-bond donors (Lipinski definition) is 1. The molecule has 1 aliphatic heterocycles. The zero-order valence-electron chi connectivity index (χ0n) is 20.8. The van der Waals surface area contributed by atoms with Crippen LogP contribution < -0.4 is 10.2 Å². The largest absolute Gasteiger partial charge is 0.465 e. The molecule has 0 aliphatic carbocycles. The van der Waals surface area contributed by atoms with Crippen molar-refractivity contribution in [3.05, 3.63) is 95.6 Å². The Morgan fingerprint density at radius 3 is 2.33 bits per heavy atom. The molecule has 1 atom stereocenters. The Balaban J connectivity index is 1.56. The summed E-state index contributed by atoms with van der Waals surface area (Å²) >= 11 is 5.56. The van der Waals surface area contributed by atoms with Gasteiger partial charge in [-0.05, 0) is 66.7 Å². The number of nitrogens with one attached hydrogen (secondary N) is 1. The van der Waals surface area contributed by atoms with Gasteiger partial charge in [0, 0.05) is 12.2 Å². The monoisotopic (exact) mass is 555 g/mol. The van der Waals surface area contributed by atoms with Gasteiger partial charge in [-0.2, -0.15) is 13.2 Å². The van der Waals surface area contributed by atoms with Crippen molar-refractivity contribution in [1.82, 2.24) is 4.90 Å². The number of esters is 1. The number of ether oxygens (including phenoxy) is 1. The standard InChI is InChI=1S/C28H24F3N3O4S/c1-38-26(37)19-10-12-21(13-11-19)32-24(35)17-23-25(36)34(22-9-5-8-20(16-22)28(29,30)31)27(39)33(23)15-14-18-6-3-2-4-7-18/h2-13,16,23H,14-15,17H2,1H3,(H,32,35)/t23-/m0/s1. The molecule has 11 heteroatoms. The fourth-order valence-electron chi connectivity index (χ4n) is 4.24. The smallest absolute Gasteiger partial charge is 0.416 e. The molecule has 3 aromatic rings. The van der Waals surface area contributed by atoms with Gasteiger partial charge < -0.3 is 15.0 Å².